The van der Waals surface area contributed by atoms with Crippen molar-refractivity contribution in [2.75, 3.05) is 25.6 Å². The van der Waals surface area contributed by atoms with Crippen LogP contribution in [0.1, 0.15) is 6.42 Å². The Hall–Kier alpha value is 0.0500. The lowest BCUT2D eigenvalue weighted by atomic mass is 10.3. The van der Waals surface area contributed by atoms with Gasteiger partial charge in [0.1, 0.15) is 12.2 Å². The van der Waals surface area contributed by atoms with E-state index in [1.165, 1.54) is 0 Å². The van der Waals surface area contributed by atoms with Crippen LogP contribution in [0.15, 0.2) is 0 Å². The molecule has 2 heterocycles. The van der Waals surface area contributed by atoms with Crippen molar-refractivity contribution in [1.82, 2.24) is 0 Å². The first-order valence-corrected chi connectivity index (χ1v) is 8.84. The zero-order chi connectivity index (χ0) is 13.9. The van der Waals surface area contributed by atoms with Crippen molar-refractivity contribution in [1.29, 1.82) is 0 Å². The van der Waals surface area contributed by atoms with Gasteiger partial charge in [0.05, 0.1) is 25.6 Å². The van der Waals surface area contributed by atoms with Crippen molar-refractivity contribution in [3.05, 3.63) is 0 Å². The van der Waals surface area contributed by atoms with Gasteiger partial charge in [-0.25, -0.2) is 12.6 Å². The van der Waals surface area contributed by atoms with Gasteiger partial charge in [0.15, 0.2) is 11.1 Å². The van der Waals surface area contributed by atoms with Gasteiger partial charge in [-0.15, -0.1) is 0 Å². The molecule has 0 radical (unpaired) electrons. The van der Waals surface area contributed by atoms with Crippen LogP contribution in [0.4, 0.5) is 0 Å². The van der Waals surface area contributed by atoms with Crippen molar-refractivity contribution < 1.29 is 37.8 Å². The van der Waals surface area contributed by atoms with Crippen LogP contribution in [0.3, 0.4) is 0 Å². The smallest absolute Gasteiger partial charge is 0.285 e. The van der Waals surface area contributed by atoms with E-state index in [4.69, 9.17) is 4.18 Å². The summed E-state index contributed by atoms with van der Waals surface area (Å²) in [7, 11) is -4.20. The molecule has 112 valence electrons. The molecule has 19 heavy (non-hydrogen) atoms. The topological polar surface area (TPSA) is 114 Å². The molecule has 0 bridgehead atoms. The average molecular weight is 336 g/mol. The number of hydrogen-bond acceptors (Lipinski definition) is 9. The second kappa shape index (κ2) is 6.67. The van der Waals surface area contributed by atoms with E-state index in [1.807, 2.05) is 0 Å². The first-order valence-electron chi connectivity index (χ1n) is 5.26. The van der Waals surface area contributed by atoms with Crippen LogP contribution in [-0.4, -0.2) is 54.6 Å². The SMILES string of the molecule is O=S1CCC(COS(=O)(=O)OCC2COS(=O)O2)O1. The van der Waals surface area contributed by atoms with Crippen LogP contribution >= 0.6 is 0 Å². The molecule has 2 fully saturated rings. The fraction of sp³-hybridized carbons (Fsp3) is 1.00. The molecule has 4 unspecified atom stereocenters. The van der Waals surface area contributed by atoms with E-state index in [2.05, 4.69) is 16.7 Å². The largest absolute Gasteiger partial charge is 0.400 e. The van der Waals surface area contributed by atoms with Crippen molar-refractivity contribution >= 4 is 32.8 Å². The normalized spacial score (nSPS) is 35.8. The Morgan fingerprint density at radius 1 is 1.11 bits per heavy atom. The lowest BCUT2D eigenvalue weighted by Gasteiger charge is -2.10. The summed E-state index contributed by atoms with van der Waals surface area (Å²) in [6, 6.07) is 0. The standard InChI is InChI=1S/C7H12O9S3/c8-17-2-1-6(15-17)4-13-19(10,11)14-5-7-3-12-18(9)16-7/h6-7H,1-5H2. The molecule has 0 N–H and O–H groups in total. The Bertz CT molecular complexity index is 424. The predicted octanol–water partition coefficient (Wildman–Crippen LogP) is -1.29. The molecule has 9 nitrogen and oxygen atoms in total. The van der Waals surface area contributed by atoms with Gasteiger partial charge in [-0.1, -0.05) is 0 Å². The van der Waals surface area contributed by atoms with Gasteiger partial charge in [0.2, 0.25) is 0 Å². The molecule has 0 aromatic carbocycles. The zero-order valence-electron chi connectivity index (χ0n) is 9.59. The molecule has 2 aliphatic heterocycles. The summed E-state index contributed by atoms with van der Waals surface area (Å²) in [6.45, 7) is -0.638. The van der Waals surface area contributed by atoms with Crippen LogP contribution in [0.5, 0.6) is 0 Å². The molecule has 2 saturated heterocycles. The molecule has 0 spiro atoms. The average Bonchev–Trinajstić information content (AvgIpc) is 2.93. The lowest BCUT2D eigenvalue weighted by Crippen LogP contribution is -2.24. The van der Waals surface area contributed by atoms with Gasteiger partial charge >= 0.3 is 21.8 Å². The highest BCUT2D eigenvalue weighted by Gasteiger charge is 2.28. The molecule has 2 aliphatic rings. The van der Waals surface area contributed by atoms with Crippen molar-refractivity contribution in [2.45, 2.75) is 18.6 Å². The van der Waals surface area contributed by atoms with E-state index in [9.17, 15) is 16.8 Å². The van der Waals surface area contributed by atoms with Gasteiger partial charge < -0.3 is 0 Å². The van der Waals surface area contributed by atoms with E-state index >= 15 is 0 Å². The van der Waals surface area contributed by atoms with Crippen LogP contribution < -0.4 is 0 Å². The van der Waals surface area contributed by atoms with Gasteiger partial charge in [0.25, 0.3) is 0 Å². The molecular weight excluding hydrogens is 324 g/mol. The molecule has 12 heteroatoms. The van der Waals surface area contributed by atoms with Crippen LogP contribution in [0.25, 0.3) is 0 Å². The Balaban J connectivity index is 1.69. The highest BCUT2D eigenvalue weighted by molar-refractivity contribution is 7.82. The molecule has 0 amide bonds. The molecule has 0 saturated carbocycles. The summed E-state index contributed by atoms with van der Waals surface area (Å²) < 4.78 is 67.6. The van der Waals surface area contributed by atoms with Crippen LogP contribution in [0, 0.1) is 0 Å². The molecule has 4 atom stereocenters. The fourth-order valence-electron chi connectivity index (χ4n) is 1.31. The summed E-state index contributed by atoms with van der Waals surface area (Å²) in [6.07, 6.45) is -0.798. The summed E-state index contributed by atoms with van der Waals surface area (Å²) in [5.74, 6) is 0.355. The summed E-state index contributed by atoms with van der Waals surface area (Å²) in [5.41, 5.74) is 0. The highest BCUT2D eigenvalue weighted by Crippen LogP contribution is 2.15. The highest BCUT2D eigenvalue weighted by atomic mass is 32.3. The van der Waals surface area contributed by atoms with Gasteiger partial charge in [-0.2, -0.15) is 12.6 Å². The van der Waals surface area contributed by atoms with E-state index in [-0.39, 0.29) is 19.8 Å². The zero-order valence-corrected chi connectivity index (χ0v) is 12.0. The van der Waals surface area contributed by atoms with E-state index in [0.717, 1.165) is 0 Å². The van der Waals surface area contributed by atoms with E-state index < -0.39 is 45.0 Å². The van der Waals surface area contributed by atoms with Gasteiger partial charge in [-0.05, 0) is 6.42 Å². The van der Waals surface area contributed by atoms with Crippen molar-refractivity contribution in [3.63, 3.8) is 0 Å². The Morgan fingerprint density at radius 3 is 2.32 bits per heavy atom. The summed E-state index contributed by atoms with van der Waals surface area (Å²) in [5, 5.41) is 0. The van der Waals surface area contributed by atoms with Crippen LogP contribution in [0.2, 0.25) is 0 Å². The lowest BCUT2D eigenvalue weighted by molar-refractivity contribution is 0.110. The summed E-state index contributed by atoms with van der Waals surface area (Å²) >= 11 is -3.24. The maximum absolute atomic E-state index is 11.4. The first-order chi connectivity index (χ1) is 8.94. The number of rotatable bonds is 6. The minimum absolute atomic E-state index is 0.0210. The van der Waals surface area contributed by atoms with Gasteiger partial charge in [0, 0.05) is 0 Å². The Morgan fingerprint density at radius 2 is 1.79 bits per heavy atom. The molecule has 2 rings (SSSR count). The van der Waals surface area contributed by atoms with E-state index in [1.54, 1.807) is 0 Å². The van der Waals surface area contributed by atoms with E-state index in [0.29, 0.717) is 12.2 Å². The van der Waals surface area contributed by atoms with Crippen molar-refractivity contribution in [3.8, 4) is 0 Å². The molecular formula is C7H12O9S3. The predicted molar refractivity (Wildman–Crippen MR) is 62.3 cm³/mol. The minimum atomic E-state index is -4.20. The number of hydrogen-bond donors (Lipinski definition) is 0. The Labute approximate surface area is 115 Å². The second-order valence-corrected chi connectivity index (χ2v) is 7.03. The van der Waals surface area contributed by atoms with Crippen LogP contribution in [-0.2, 0) is 53.8 Å². The quantitative estimate of drug-likeness (QED) is 0.584. The minimum Gasteiger partial charge on any atom is -0.285 e. The molecule has 0 aromatic heterocycles. The monoisotopic (exact) mass is 336 g/mol. The van der Waals surface area contributed by atoms with Crippen molar-refractivity contribution in [2.24, 2.45) is 0 Å². The molecule has 0 aliphatic carbocycles. The second-order valence-electron chi connectivity index (χ2n) is 3.70. The first kappa shape index (κ1) is 15.4. The van der Waals surface area contributed by atoms with Gasteiger partial charge in [-0.3, -0.25) is 12.5 Å². The summed E-state index contributed by atoms with van der Waals surface area (Å²) in [4.78, 5) is 0. The maximum atomic E-state index is 11.4. The molecule has 0 aromatic rings. The third kappa shape index (κ3) is 5.15. The third-order valence-electron chi connectivity index (χ3n) is 2.21. The fourth-order valence-corrected chi connectivity index (χ4v) is 3.68. The third-order valence-corrected chi connectivity index (χ3v) is 4.87. The maximum Gasteiger partial charge on any atom is 0.400 e. The Kier molecular flexibility index (Phi) is 5.42.